The Labute approximate surface area is 110 Å². The average Bonchev–Trinajstić information content (AvgIpc) is 2.77. The predicted molar refractivity (Wildman–Crippen MR) is 71.6 cm³/mol. The van der Waals surface area contributed by atoms with Crippen molar-refractivity contribution in [2.24, 2.45) is 0 Å². The van der Waals surface area contributed by atoms with E-state index in [-0.39, 0.29) is 0 Å². The van der Waals surface area contributed by atoms with E-state index in [0.717, 1.165) is 13.0 Å². The van der Waals surface area contributed by atoms with Crippen LogP contribution in [0.4, 0.5) is 20.7 Å². The number of urea groups is 1. The molecule has 2 rings (SSSR count). The molecule has 2 amide bonds. The lowest BCUT2D eigenvalue weighted by Crippen LogP contribution is -2.19. The lowest BCUT2D eigenvalue weighted by molar-refractivity contribution is 0.262. The molecule has 0 saturated heterocycles. The first-order chi connectivity index (χ1) is 9.17. The molecule has 0 spiro atoms. The number of amides is 2. The van der Waals surface area contributed by atoms with Crippen LogP contribution < -0.4 is 10.6 Å². The van der Waals surface area contributed by atoms with Gasteiger partial charge in [0.1, 0.15) is 5.82 Å². The first kappa shape index (κ1) is 13.1. The van der Waals surface area contributed by atoms with Crippen molar-refractivity contribution in [1.29, 1.82) is 0 Å². The number of hydrogen-bond acceptors (Lipinski definition) is 2. The largest absolute Gasteiger partial charge is 0.324 e. The van der Waals surface area contributed by atoms with Gasteiger partial charge in [-0.25, -0.2) is 9.18 Å². The lowest BCUT2D eigenvalue weighted by atomic mass is 10.3. The number of carbonyl (C=O) groups is 1. The Balaban J connectivity index is 1.93. The lowest BCUT2D eigenvalue weighted by Gasteiger charge is -2.05. The smallest absolute Gasteiger partial charge is 0.308 e. The zero-order chi connectivity index (χ0) is 13.7. The van der Waals surface area contributed by atoms with E-state index >= 15 is 0 Å². The average molecular weight is 262 g/mol. The first-order valence-electron chi connectivity index (χ1n) is 6.04. The zero-order valence-electron chi connectivity index (χ0n) is 10.6. The Hall–Kier alpha value is -2.37. The van der Waals surface area contributed by atoms with E-state index in [0.29, 0.717) is 11.5 Å². The molecular formula is C13H15FN4O. The molecule has 0 aliphatic heterocycles. The van der Waals surface area contributed by atoms with Crippen molar-refractivity contribution in [3.63, 3.8) is 0 Å². The minimum atomic E-state index is -0.452. The molecule has 0 aliphatic rings. The Bertz CT molecular complexity index is 567. The monoisotopic (exact) mass is 262 g/mol. The van der Waals surface area contributed by atoms with Crippen molar-refractivity contribution in [2.45, 2.75) is 19.9 Å². The number of aryl methyl sites for hydroxylation is 1. The van der Waals surface area contributed by atoms with Crippen LogP contribution in [0, 0.1) is 5.82 Å². The van der Waals surface area contributed by atoms with Crippen LogP contribution in [0.2, 0.25) is 0 Å². The molecule has 0 unspecified atom stereocenters. The summed E-state index contributed by atoms with van der Waals surface area (Å²) in [4.78, 5) is 11.7. The fraction of sp³-hybridized carbons (Fsp3) is 0.231. The van der Waals surface area contributed by atoms with Gasteiger partial charge >= 0.3 is 6.03 Å². The van der Waals surface area contributed by atoms with Crippen LogP contribution in [0.3, 0.4) is 0 Å². The van der Waals surface area contributed by atoms with E-state index in [2.05, 4.69) is 15.7 Å². The second kappa shape index (κ2) is 5.99. The summed E-state index contributed by atoms with van der Waals surface area (Å²) < 4.78 is 14.7. The summed E-state index contributed by atoms with van der Waals surface area (Å²) in [5, 5.41) is 9.29. The van der Waals surface area contributed by atoms with Gasteiger partial charge in [-0.05, 0) is 24.6 Å². The standard InChI is InChI=1S/C13H15FN4O/c1-2-7-18-8-6-12(17-18)16-13(19)15-11-5-3-4-10(14)9-11/h3-6,8-9H,2,7H2,1H3,(H2,15,16,17,19). The van der Waals surface area contributed by atoms with E-state index < -0.39 is 11.8 Å². The second-order valence-electron chi connectivity index (χ2n) is 4.05. The van der Waals surface area contributed by atoms with E-state index in [1.807, 2.05) is 6.92 Å². The molecule has 2 N–H and O–H groups in total. The summed E-state index contributed by atoms with van der Waals surface area (Å²) in [6, 6.07) is 6.96. The zero-order valence-corrected chi connectivity index (χ0v) is 10.6. The van der Waals surface area contributed by atoms with Crippen LogP contribution >= 0.6 is 0 Å². The molecule has 100 valence electrons. The molecule has 1 heterocycles. The number of nitrogens with zero attached hydrogens (tertiary/aromatic N) is 2. The van der Waals surface area contributed by atoms with Crippen LogP contribution in [0.25, 0.3) is 0 Å². The summed E-state index contributed by atoms with van der Waals surface area (Å²) in [5.74, 6) is 0.0624. The van der Waals surface area contributed by atoms with Crippen LogP contribution in [-0.2, 0) is 6.54 Å². The minimum absolute atomic E-state index is 0.394. The van der Waals surface area contributed by atoms with Crippen LogP contribution in [-0.4, -0.2) is 15.8 Å². The van der Waals surface area contributed by atoms with Gasteiger partial charge in [0.15, 0.2) is 5.82 Å². The maximum absolute atomic E-state index is 12.9. The van der Waals surface area contributed by atoms with Crippen molar-refractivity contribution in [1.82, 2.24) is 9.78 Å². The quantitative estimate of drug-likeness (QED) is 0.889. The van der Waals surface area contributed by atoms with Gasteiger partial charge in [0.05, 0.1) is 0 Å². The maximum atomic E-state index is 12.9. The van der Waals surface area contributed by atoms with Gasteiger partial charge in [-0.15, -0.1) is 0 Å². The second-order valence-corrected chi connectivity index (χ2v) is 4.05. The van der Waals surface area contributed by atoms with Crippen LogP contribution in [0.15, 0.2) is 36.5 Å². The van der Waals surface area contributed by atoms with Crippen molar-refractivity contribution < 1.29 is 9.18 Å². The number of benzene rings is 1. The molecule has 0 saturated carbocycles. The third-order valence-electron chi connectivity index (χ3n) is 2.42. The van der Waals surface area contributed by atoms with Crippen molar-refractivity contribution in [2.75, 3.05) is 10.6 Å². The predicted octanol–water partition coefficient (Wildman–Crippen LogP) is 3.08. The Kier molecular flexibility index (Phi) is 4.12. The summed E-state index contributed by atoms with van der Waals surface area (Å²) in [6.07, 6.45) is 2.76. The highest BCUT2D eigenvalue weighted by Crippen LogP contribution is 2.10. The van der Waals surface area contributed by atoms with E-state index in [9.17, 15) is 9.18 Å². The Morgan fingerprint density at radius 2 is 2.21 bits per heavy atom. The SMILES string of the molecule is CCCn1ccc(NC(=O)Nc2cccc(F)c2)n1. The molecule has 5 nitrogen and oxygen atoms in total. The van der Waals surface area contributed by atoms with Crippen molar-refractivity contribution >= 4 is 17.5 Å². The van der Waals surface area contributed by atoms with Crippen molar-refractivity contribution in [3.8, 4) is 0 Å². The Morgan fingerprint density at radius 1 is 1.37 bits per heavy atom. The molecule has 1 aromatic heterocycles. The Morgan fingerprint density at radius 3 is 2.95 bits per heavy atom. The van der Waals surface area contributed by atoms with E-state index in [1.165, 1.54) is 18.2 Å². The minimum Gasteiger partial charge on any atom is -0.308 e. The third kappa shape index (κ3) is 3.80. The summed E-state index contributed by atoms with van der Waals surface area (Å²) in [6.45, 7) is 2.85. The first-order valence-corrected chi connectivity index (χ1v) is 6.04. The molecule has 0 aliphatic carbocycles. The highest BCUT2D eigenvalue weighted by molar-refractivity contribution is 5.99. The molecule has 6 heteroatoms. The van der Waals surface area contributed by atoms with Gasteiger partial charge in [0.2, 0.25) is 0 Å². The maximum Gasteiger partial charge on any atom is 0.324 e. The topological polar surface area (TPSA) is 59.0 Å². The molecule has 19 heavy (non-hydrogen) atoms. The summed E-state index contributed by atoms with van der Waals surface area (Å²) >= 11 is 0. The fourth-order valence-corrected chi connectivity index (χ4v) is 1.63. The normalized spacial score (nSPS) is 10.2. The molecule has 1 aromatic carbocycles. The third-order valence-corrected chi connectivity index (χ3v) is 2.42. The summed E-state index contributed by atoms with van der Waals surface area (Å²) in [5.41, 5.74) is 0.394. The highest BCUT2D eigenvalue weighted by Gasteiger charge is 2.05. The van der Waals surface area contributed by atoms with Crippen LogP contribution in [0.1, 0.15) is 13.3 Å². The van der Waals surface area contributed by atoms with Gasteiger partial charge < -0.3 is 5.32 Å². The van der Waals surface area contributed by atoms with Crippen LogP contribution in [0.5, 0.6) is 0 Å². The molecule has 0 bridgehead atoms. The van der Waals surface area contributed by atoms with Crippen molar-refractivity contribution in [3.05, 3.63) is 42.3 Å². The number of halogens is 1. The molecule has 2 aromatic rings. The summed E-state index contributed by atoms with van der Waals surface area (Å²) in [7, 11) is 0. The number of anilines is 2. The van der Waals surface area contributed by atoms with Gasteiger partial charge in [-0.2, -0.15) is 5.10 Å². The number of nitrogens with one attached hydrogen (secondary N) is 2. The highest BCUT2D eigenvalue weighted by atomic mass is 19.1. The number of hydrogen-bond donors (Lipinski definition) is 2. The fourth-order valence-electron chi connectivity index (χ4n) is 1.63. The van der Waals surface area contributed by atoms with Gasteiger partial charge in [-0.1, -0.05) is 13.0 Å². The number of carbonyl (C=O) groups excluding carboxylic acids is 1. The molecule has 0 radical (unpaired) electrons. The van der Waals surface area contributed by atoms with E-state index in [4.69, 9.17) is 0 Å². The number of aromatic nitrogens is 2. The van der Waals surface area contributed by atoms with Gasteiger partial charge in [-0.3, -0.25) is 10.00 Å². The molecular weight excluding hydrogens is 247 g/mol. The van der Waals surface area contributed by atoms with E-state index in [1.54, 1.807) is 23.0 Å². The molecule has 0 fully saturated rings. The van der Waals surface area contributed by atoms with Gasteiger partial charge in [0, 0.05) is 24.5 Å². The molecule has 0 atom stereocenters. The van der Waals surface area contributed by atoms with Gasteiger partial charge in [0.25, 0.3) is 0 Å². The number of rotatable bonds is 4.